The molecule has 1 aliphatic rings. The fourth-order valence-corrected chi connectivity index (χ4v) is 3.34. The number of anilines is 2. The second-order valence-corrected chi connectivity index (χ2v) is 7.48. The Labute approximate surface area is 183 Å². The highest BCUT2D eigenvalue weighted by Gasteiger charge is 2.28. The van der Waals surface area contributed by atoms with E-state index in [1.165, 1.54) is 0 Å². The zero-order valence-electron chi connectivity index (χ0n) is 17.0. The van der Waals surface area contributed by atoms with Gasteiger partial charge in [-0.15, -0.1) is 0 Å². The monoisotopic (exact) mass is 441 g/mol. The van der Waals surface area contributed by atoms with E-state index in [4.69, 9.17) is 25.6 Å². The van der Waals surface area contributed by atoms with Gasteiger partial charge in [0.05, 0.1) is 17.9 Å². The van der Waals surface area contributed by atoms with Gasteiger partial charge in [0, 0.05) is 16.3 Å². The van der Waals surface area contributed by atoms with Crippen molar-refractivity contribution in [1.29, 1.82) is 0 Å². The molecule has 0 atom stereocenters. The Balaban J connectivity index is 1.48. The van der Waals surface area contributed by atoms with Crippen LogP contribution < -0.4 is 19.7 Å². The van der Waals surface area contributed by atoms with Gasteiger partial charge >= 0.3 is 0 Å². The molecule has 2 aromatic carbocycles. The number of aromatic nitrogens is 1. The van der Waals surface area contributed by atoms with Crippen molar-refractivity contribution < 1.29 is 23.6 Å². The fourth-order valence-electron chi connectivity index (χ4n) is 3.22. The van der Waals surface area contributed by atoms with Gasteiger partial charge in [0.1, 0.15) is 17.3 Å². The summed E-state index contributed by atoms with van der Waals surface area (Å²) in [6.07, 6.45) is 0. The Bertz CT molecular complexity index is 1110. The molecule has 2 amide bonds. The molecule has 0 fully saturated rings. The van der Waals surface area contributed by atoms with E-state index in [1.807, 2.05) is 6.92 Å². The molecule has 0 spiro atoms. The third-order valence-corrected chi connectivity index (χ3v) is 5.12. The Morgan fingerprint density at radius 3 is 2.71 bits per heavy atom. The van der Waals surface area contributed by atoms with Crippen LogP contribution in [0.15, 0.2) is 47.0 Å². The first-order valence-corrected chi connectivity index (χ1v) is 9.95. The van der Waals surface area contributed by atoms with Crippen molar-refractivity contribution in [3.8, 4) is 11.5 Å². The Morgan fingerprint density at radius 2 is 2.00 bits per heavy atom. The van der Waals surface area contributed by atoms with Gasteiger partial charge in [-0.1, -0.05) is 16.8 Å². The van der Waals surface area contributed by atoms with E-state index < -0.39 is 0 Å². The second kappa shape index (κ2) is 8.69. The summed E-state index contributed by atoms with van der Waals surface area (Å²) < 4.78 is 16.2. The largest absolute Gasteiger partial charge is 0.484 e. The van der Waals surface area contributed by atoms with Crippen molar-refractivity contribution >= 4 is 34.8 Å². The van der Waals surface area contributed by atoms with Gasteiger partial charge in [-0.05, 0) is 56.3 Å². The standard InChI is InChI=1S/C22H20ClN3O5/c1-13-18(14(2)31-25-13)10-26-19-9-16(5-8-20(19)30-12-22(26)28)24-21(27)11-29-17-6-3-15(23)4-7-17/h3-9H,10-12H2,1-2H3,(H,24,27). The third kappa shape index (κ3) is 4.64. The van der Waals surface area contributed by atoms with Gasteiger partial charge in [0.2, 0.25) is 0 Å². The Morgan fingerprint density at radius 1 is 1.23 bits per heavy atom. The minimum absolute atomic E-state index is 0.0585. The van der Waals surface area contributed by atoms with E-state index in [9.17, 15) is 9.59 Å². The summed E-state index contributed by atoms with van der Waals surface area (Å²) in [5.74, 6) is 1.22. The molecule has 0 saturated heterocycles. The van der Waals surface area contributed by atoms with Crippen molar-refractivity contribution in [3.63, 3.8) is 0 Å². The molecule has 0 radical (unpaired) electrons. The number of carbonyl (C=O) groups excluding carboxylic acids is 2. The lowest BCUT2D eigenvalue weighted by atomic mass is 10.1. The summed E-state index contributed by atoms with van der Waals surface area (Å²) in [6, 6.07) is 11.9. The number of nitrogens with one attached hydrogen (secondary N) is 1. The minimum atomic E-state index is -0.338. The number of fused-ring (bicyclic) bond motifs is 1. The molecular weight excluding hydrogens is 422 g/mol. The number of halogens is 1. The molecule has 1 N–H and O–H groups in total. The Hall–Kier alpha value is -3.52. The van der Waals surface area contributed by atoms with Crippen molar-refractivity contribution in [1.82, 2.24) is 5.16 Å². The van der Waals surface area contributed by atoms with Crippen LogP contribution in [0.1, 0.15) is 17.0 Å². The first-order chi connectivity index (χ1) is 14.9. The number of ether oxygens (including phenoxy) is 2. The first kappa shape index (κ1) is 20.7. The molecule has 0 bridgehead atoms. The molecule has 9 heteroatoms. The lowest BCUT2D eigenvalue weighted by molar-refractivity contribution is -0.121. The van der Waals surface area contributed by atoms with Crippen LogP contribution in [-0.4, -0.2) is 30.2 Å². The summed E-state index contributed by atoms with van der Waals surface area (Å²) in [6.45, 7) is 3.70. The molecule has 1 aliphatic heterocycles. The smallest absolute Gasteiger partial charge is 0.265 e. The zero-order chi connectivity index (χ0) is 22.0. The molecule has 0 aliphatic carbocycles. The average molecular weight is 442 g/mol. The summed E-state index contributed by atoms with van der Waals surface area (Å²) in [5, 5.41) is 7.31. The molecule has 4 rings (SSSR count). The number of hydrogen-bond donors (Lipinski definition) is 1. The summed E-state index contributed by atoms with van der Waals surface area (Å²) in [5.41, 5.74) is 2.65. The predicted octanol–water partition coefficient (Wildman–Crippen LogP) is 3.89. The number of carbonyl (C=O) groups is 2. The average Bonchev–Trinajstić information content (AvgIpc) is 3.07. The maximum Gasteiger partial charge on any atom is 0.265 e. The quantitative estimate of drug-likeness (QED) is 0.623. The number of benzene rings is 2. The van der Waals surface area contributed by atoms with E-state index >= 15 is 0 Å². The van der Waals surface area contributed by atoms with Crippen LogP contribution in [0.4, 0.5) is 11.4 Å². The van der Waals surface area contributed by atoms with Crippen LogP contribution in [0.2, 0.25) is 5.02 Å². The SMILES string of the molecule is Cc1noc(C)c1CN1C(=O)COc2ccc(NC(=O)COc3ccc(Cl)cc3)cc21. The lowest BCUT2D eigenvalue weighted by Crippen LogP contribution is -2.38. The van der Waals surface area contributed by atoms with E-state index in [2.05, 4.69) is 10.5 Å². The number of aryl methyl sites for hydroxylation is 2. The maximum absolute atomic E-state index is 12.6. The molecule has 2 heterocycles. The van der Waals surface area contributed by atoms with Crippen LogP contribution in [-0.2, 0) is 16.1 Å². The van der Waals surface area contributed by atoms with E-state index in [0.717, 1.165) is 11.3 Å². The molecule has 0 unspecified atom stereocenters. The van der Waals surface area contributed by atoms with Crippen molar-refractivity contribution in [2.75, 3.05) is 23.4 Å². The highest BCUT2D eigenvalue weighted by Crippen LogP contribution is 2.36. The van der Waals surface area contributed by atoms with Crippen molar-refractivity contribution in [3.05, 3.63) is 64.5 Å². The molecule has 8 nitrogen and oxygen atoms in total. The van der Waals surface area contributed by atoms with Gasteiger partial charge < -0.3 is 24.2 Å². The second-order valence-electron chi connectivity index (χ2n) is 7.04. The Kier molecular flexibility index (Phi) is 5.81. The highest BCUT2D eigenvalue weighted by atomic mass is 35.5. The first-order valence-electron chi connectivity index (χ1n) is 9.58. The predicted molar refractivity (Wildman–Crippen MR) is 115 cm³/mol. The highest BCUT2D eigenvalue weighted by molar-refractivity contribution is 6.30. The van der Waals surface area contributed by atoms with Crippen LogP contribution in [0.25, 0.3) is 0 Å². The van der Waals surface area contributed by atoms with Gasteiger partial charge in [0.25, 0.3) is 11.8 Å². The van der Waals surface area contributed by atoms with Crippen LogP contribution in [0, 0.1) is 13.8 Å². The number of amides is 2. The van der Waals surface area contributed by atoms with Gasteiger partial charge in [-0.2, -0.15) is 0 Å². The van der Waals surface area contributed by atoms with Gasteiger partial charge in [0.15, 0.2) is 13.2 Å². The normalized spacial score (nSPS) is 12.9. The van der Waals surface area contributed by atoms with E-state index in [1.54, 1.807) is 54.3 Å². The van der Waals surface area contributed by atoms with Crippen molar-refractivity contribution in [2.24, 2.45) is 0 Å². The van der Waals surface area contributed by atoms with Crippen LogP contribution >= 0.6 is 11.6 Å². The minimum Gasteiger partial charge on any atom is -0.484 e. The number of rotatable bonds is 6. The number of hydrogen-bond acceptors (Lipinski definition) is 6. The molecule has 1 aromatic heterocycles. The molecular formula is C22H20ClN3O5. The topological polar surface area (TPSA) is 93.9 Å². The lowest BCUT2D eigenvalue weighted by Gasteiger charge is -2.29. The van der Waals surface area contributed by atoms with Crippen LogP contribution in [0.3, 0.4) is 0 Å². The van der Waals surface area contributed by atoms with E-state index in [0.29, 0.717) is 40.2 Å². The summed E-state index contributed by atoms with van der Waals surface area (Å²) >= 11 is 5.84. The summed E-state index contributed by atoms with van der Waals surface area (Å²) in [4.78, 5) is 26.5. The van der Waals surface area contributed by atoms with Gasteiger partial charge in [-0.3, -0.25) is 9.59 Å². The third-order valence-electron chi connectivity index (χ3n) is 4.87. The van der Waals surface area contributed by atoms with Crippen molar-refractivity contribution in [2.45, 2.75) is 20.4 Å². The zero-order valence-corrected chi connectivity index (χ0v) is 17.7. The molecule has 0 saturated carbocycles. The molecule has 31 heavy (non-hydrogen) atoms. The van der Waals surface area contributed by atoms with Gasteiger partial charge in [-0.25, -0.2) is 0 Å². The summed E-state index contributed by atoms with van der Waals surface area (Å²) in [7, 11) is 0. The maximum atomic E-state index is 12.6. The van der Waals surface area contributed by atoms with E-state index in [-0.39, 0.29) is 25.0 Å². The molecule has 3 aromatic rings. The number of nitrogens with zero attached hydrogens (tertiary/aromatic N) is 2. The molecule has 160 valence electrons. The fraction of sp³-hybridized carbons (Fsp3) is 0.227. The van der Waals surface area contributed by atoms with Crippen LogP contribution in [0.5, 0.6) is 11.5 Å².